The maximum Gasteiger partial charge on any atom is 0.107 e. The van der Waals surface area contributed by atoms with Crippen LogP contribution in [0.3, 0.4) is 0 Å². The van der Waals surface area contributed by atoms with E-state index in [0.29, 0.717) is 0 Å². The molecule has 0 amide bonds. The van der Waals surface area contributed by atoms with Crippen LogP contribution in [0.15, 0.2) is 16.5 Å². The van der Waals surface area contributed by atoms with Crippen LogP contribution in [0.2, 0.25) is 0 Å². The van der Waals surface area contributed by atoms with E-state index in [1.54, 1.807) is 0 Å². The standard InChI is InChI=1S/C11H15BrO/c1-8-7-10(8)11-5-4-9(13-11)3-2-6-12/h4-5,8,10H,2-3,6-7H2,1H3. The van der Waals surface area contributed by atoms with E-state index in [9.17, 15) is 0 Å². The zero-order valence-electron chi connectivity index (χ0n) is 7.92. The summed E-state index contributed by atoms with van der Waals surface area (Å²) in [5.41, 5.74) is 0. The van der Waals surface area contributed by atoms with E-state index in [-0.39, 0.29) is 0 Å². The third-order valence-corrected chi connectivity index (χ3v) is 3.27. The Balaban J connectivity index is 1.94. The van der Waals surface area contributed by atoms with Crippen molar-refractivity contribution in [2.45, 2.75) is 32.1 Å². The highest BCUT2D eigenvalue weighted by Crippen LogP contribution is 2.47. The molecule has 2 heteroatoms. The second-order valence-corrected chi connectivity index (χ2v) is 4.71. The molecule has 2 rings (SSSR count). The Bertz CT molecular complexity index is 279. The molecule has 1 nitrogen and oxygen atoms in total. The molecular formula is C11H15BrO. The maximum absolute atomic E-state index is 5.76. The van der Waals surface area contributed by atoms with Crippen LogP contribution in [0.5, 0.6) is 0 Å². The summed E-state index contributed by atoms with van der Waals surface area (Å²) in [4.78, 5) is 0. The first-order valence-corrected chi connectivity index (χ1v) is 6.08. The Kier molecular flexibility index (Phi) is 2.77. The molecule has 0 saturated heterocycles. The third kappa shape index (κ3) is 2.16. The molecule has 1 saturated carbocycles. The minimum Gasteiger partial charge on any atom is -0.466 e. The minimum absolute atomic E-state index is 0.720. The second kappa shape index (κ2) is 3.87. The highest BCUT2D eigenvalue weighted by Gasteiger charge is 2.36. The fraction of sp³-hybridized carbons (Fsp3) is 0.636. The van der Waals surface area contributed by atoms with Crippen LogP contribution in [0.1, 0.15) is 37.2 Å². The van der Waals surface area contributed by atoms with Crippen LogP contribution in [-0.2, 0) is 6.42 Å². The van der Waals surface area contributed by atoms with E-state index >= 15 is 0 Å². The number of halogens is 1. The Hall–Kier alpha value is -0.240. The minimum atomic E-state index is 0.720. The number of furan rings is 1. The Morgan fingerprint density at radius 1 is 1.54 bits per heavy atom. The molecule has 1 aliphatic rings. The van der Waals surface area contributed by atoms with E-state index in [1.165, 1.54) is 12.2 Å². The molecule has 72 valence electrons. The first-order valence-electron chi connectivity index (χ1n) is 4.96. The Labute approximate surface area is 87.6 Å². The predicted octanol–water partition coefficient (Wildman–Crippen LogP) is 3.73. The van der Waals surface area contributed by atoms with Crippen LogP contribution >= 0.6 is 15.9 Å². The SMILES string of the molecule is CC1CC1c1ccc(CCCBr)o1. The Morgan fingerprint density at radius 2 is 2.31 bits per heavy atom. The van der Waals surface area contributed by atoms with Gasteiger partial charge in [-0.05, 0) is 30.9 Å². The average molecular weight is 243 g/mol. The van der Waals surface area contributed by atoms with Crippen LogP contribution in [0.25, 0.3) is 0 Å². The van der Waals surface area contributed by atoms with E-state index in [4.69, 9.17) is 4.42 Å². The molecule has 2 unspecified atom stereocenters. The number of hydrogen-bond acceptors (Lipinski definition) is 1. The van der Waals surface area contributed by atoms with Gasteiger partial charge in [0.25, 0.3) is 0 Å². The topological polar surface area (TPSA) is 13.1 Å². The lowest BCUT2D eigenvalue weighted by Gasteiger charge is -1.93. The highest BCUT2D eigenvalue weighted by molar-refractivity contribution is 9.09. The molecule has 0 spiro atoms. The quantitative estimate of drug-likeness (QED) is 0.734. The number of hydrogen-bond donors (Lipinski definition) is 0. The molecule has 0 N–H and O–H groups in total. The summed E-state index contributed by atoms with van der Waals surface area (Å²) in [6.45, 7) is 2.28. The van der Waals surface area contributed by atoms with Gasteiger partial charge in [0.05, 0.1) is 0 Å². The molecule has 1 aromatic heterocycles. The van der Waals surface area contributed by atoms with Crippen molar-refractivity contribution < 1.29 is 4.42 Å². The fourth-order valence-electron chi connectivity index (χ4n) is 1.69. The van der Waals surface area contributed by atoms with Crippen molar-refractivity contribution in [2.75, 3.05) is 5.33 Å². The lowest BCUT2D eigenvalue weighted by atomic mass is 10.2. The van der Waals surface area contributed by atoms with Crippen LogP contribution in [-0.4, -0.2) is 5.33 Å². The predicted molar refractivity (Wildman–Crippen MR) is 57.3 cm³/mol. The molecule has 0 radical (unpaired) electrons. The van der Waals surface area contributed by atoms with Gasteiger partial charge in [0.1, 0.15) is 11.5 Å². The molecule has 1 aliphatic carbocycles. The first-order chi connectivity index (χ1) is 6.31. The lowest BCUT2D eigenvalue weighted by molar-refractivity contribution is 0.460. The first kappa shape index (κ1) is 9.32. The van der Waals surface area contributed by atoms with E-state index in [1.807, 2.05) is 0 Å². The van der Waals surface area contributed by atoms with Crippen molar-refractivity contribution in [1.82, 2.24) is 0 Å². The molecule has 1 heterocycles. The second-order valence-electron chi connectivity index (χ2n) is 3.92. The van der Waals surface area contributed by atoms with Gasteiger partial charge in [-0.15, -0.1) is 0 Å². The normalized spacial score (nSPS) is 26.3. The summed E-state index contributed by atoms with van der Waals surface area (Å²) < 4.78 is 5.76. The van der Waals surface area contributed by atoms with Crippen molar-refractivity contribution in [2.24, 2.45) is 5.92 Å². The number of aryl methyl sites for hydroxylation is 1. The van der Waals surface area contributed by atoms with Crippen molar-refractivity contribution in [1.29, 1.82) is 0 Å². The zero-order chi connectivity index (χ0) is 9.26. The molecule has 0 bridgehead atoms. The van der Waals surface area contributed by atoms with Gasteiger partial charge in [-0.1, -0.05) is 22.9 Å². The summed E-state index contributed by atoms with van der Waals surface area (Å²) in [6, 6.07) is 4.28. The van der Waals surface area contributed by atoms with E-state index in [0.717, 1.165) is 35.8 Å². The van der Waals surface area contributed by atoms with Gasteiger partial charge < -0.3 is 4.42 Å². The van der Waals surface area contributed by atoms with Gasteiger partial charge >= 0.3 is 0 Å². The molecular weight excluding hydrogens is 228 g/mol. The van der Waals surface area contributed by atoms with Crippen LogP contribution < -0.4 is 0 Å². The number of rotatable bonds is 4. The Morgan fingerprint density at radius 3 is 2.92 bits per heavy atom. The highest BCUT2D eigenvalue weighted by atomic mass is 79.9. The largest absolute Gasteiger partial charge is 0.466 e. The van der Waals surface area contributed by atoms with Crippen LogP contribution in [0, 0.1) is 5.92 Å². The smallest absolute Gasteiger partial charge is 0.107 e. The summed E-state index contributed by atoms with van der Waals surface area (Å²) in [7, 11) is 0. The van der Waals surface area contributed by atoms with Crippen molar-refractivity contribution in [3.8, 4) is 0 Å². The van der Waals surface area contributed by atoms with Gasteiger partial charge in [0.2, 0.25) is 0 Å². The van der Waals surface area contributed by atoms with Crippen molar-refractivity contribution in [3.05, 3.63) is 23.7 Å². The van der Waals surface area contributed by atoms with Gasteiger partial charge in [0, 0.05) is 17.7 Å². The van der Waals surface area contributed by atoms with E-state index < -0.39 is 0 Å². The fourth-order valence-corrected chi connectivity index (χ4v) is 1.97. The maximum atomic E-state index is 5.76. The third-order valence-electron chi connectivity index (χ3n) is 2.71. The summed E-state index contributed by atoms with van der Waals surface area (Å²) in [6.07, 6.45) is 3.53. The summed E-state index contributed by atoms with van der Waals surface area (Å²) in [5.74, 6) is 3.92. The average Bonchev–Trinajstić information content (AvgIpc) is 2.67. The van der Waals surface area contributed by atoms with Crippen LogP contribution in [0.4, 0.5) is 0 Å². The lowest BCUT2D eigenvalue weighted by Crippen LogP contribution is -1.82. The van der Waals surface area contributed by atoms with Crippen molar-refractivity contribution >= 4 is 15.9 Å². The van der Waals surface area contributed by atoms with Gasteiger partial charge in [-0.2, -0.15) is 0 Å². The molecule has 0 aromatic carbocycles. The summed E-state index contributed by atoms with van der Waals surface area (Å²) >= 11 is 3.42. The summed E-state index contributed by atoms with van der Waals surface area (Å²) in [5, 5.41) is 1.06. The van der Waals surface area contributed by atoms with Crippen molar-refractivity contribution in [3.63, 3.8) is 0 Å². The molecule has 1 fully saturated rings. The van der Waals surface area contributed by atoms with E-state index in [2.05, 4.69) is 35.0 Å². The molecule has 1 aromatic rings. The van der Waals surface area contributed by atoms with Gasteiger partial charge in [-0.25, -0.2) is 0 Å². The zero-order valence-corrected chi connectivity index (χ0v) is 9.51. The van der Waals surface area contributed by atoms with Gasteiger partial charge in [-0.3, -0.25) is 0 Å². The molecule has 13 heavy (non-hydrogen) atoms. The van der Waals surface area contributed by atoms with Gasteiger partial charge in [0.15, 0.2) is 0 Å². The molecule has 2 atom stereocenters. The monoisotopic (exact) mass is 242 g/mol. The number of alkyl halides is 1. The molecule has 0 aliphatic heterocycles.